The van der Waals surface area contributed by atoms with Crippen molar-refractivity contribution in [1.29, 1.82) is 0 Å². The van der Waals surface area contributed by atoms with Crippen LogP contribution in [0.2, 0.25) is 0 Å². The molecule has 5 nitrogen and oxygen atoms in total. The number of nitrogens with zero attached hydrogens (tertiary/aromatic N) is 1. The van der Waals surface area contributed by atoms with Gasteiger partial charge in [-0.15, -0.1) is 0 Å². The highest BCUT2D eigenvalue weighted by atomic mass is 16.5. The van der Waals surface area contributed by atoms with E-state index in [1.807, 2.05) is 49.4 Å². The van der Waals surface area contributed by atoms with Crippen LogP contribution in [0.25, 0.3) is 6.08 Å². The summed E-state index contributed by atoms with van der Waals surface area (Å²) >= 11 is 0. The smallest absolute Gasteiger partial charge is 0.331 e. The van der Waals surface area contributed by atoms with Crippen LogP contribution >= 0.6 is 0 Å². The maximum Gasteiger partial charge on any atom is 0.331 e. The number of carbonyl (C=O) groups excluding carboxylic acids is 2. The quantitative estimate of drug-likeness (QED) is 0.539. The predicted molar refractivity (Wildman–Crippen MR) is 108 cm³/mol. The van der Waals surface area contributed by atoms with Crippen molar-refractivity contribution in [2.45, 2.75) is 25.9 Å². The molecule has 28 heavy (non-hydrogen) atoms. The van der Waals surface area contributed by atoms with Crippen LogP contribution in [-0.2, 0) is 14.3 Å². The van der Waals surface area contributed by atoms with Crippen molar-refractivity contribution >= 4 is 18.0 Å². The average Bonchev–Trinajstić information content (AvgIpc) is 3.27. The lowest BCUT2D eigenvalue weighted by Gasteiger charge is -2.23. The van der Waals surface area contributed by atoms with Gasteiger partial charge in [-0.25, -0.2) is 4.79 Å². The molecule has 0 aromatic heterocycles. The number of amides is 1. The molecule has 0 aliphatic carbocycles. The molecular formula is C23H25NO4. The fourth-order valence-electron chi connectivity index (χ4n) is 3.21. The van der Waals surface area contributed by atoms with Crippen molar-refractivity contribution < 1.29 is 19.1 Å². The van der Waals surface area contributed by atoms with Gasteiger partial charge in [-0.2, -0.15) is 0 Å². The predicted octanol–water partition coefficient (Wildman–Crippen LogP) is 4.01. The zero-order chi connectivity index (χ0) is 19.8. The Hall–Kier alpha value is -3.08. The summed E-state index contributed by atoms with van der Waals surface area (Å²) in [5, 5.41) is 0. The van der Waals surface area contributed by atoms with Crippen LogP contribution in [0.1, 0.15) is 37.0 Å². The maximum absolute atomic E-state index is 12.9. The Morgan fingerprint density at radius 1 is 1.04 bits per heavy atom. The lowest BCUT2D eigenvalue weighted by atomic mass is 10.1. The Bertz CT molecular complexity index is 826. The largest absolute Gasteiger partial charge is 0.493 e. The van der Waals surface area contributed by atoms with Crippen molar-refractivity contribution in [3.8, 4) is 5.75 Å². The third-order valence-electron chi connectivity index (χ3n) is 4.60. The molecule has 1 aliphatic heterocycles. The number of likely N-dealkylation sites (tertiary alicyclic amines) is 1. The number of carbonyl (C=O) groups is 2. The summed E-state index contributed by atoms with van der Waals surface area (Å²) in [4.78, 5) is 27.1. The van der Waals surface area contributed by atoms with Crippen LogP contribution in [0.4, 0.5) is 0 Å². The Kier molecular flexibility index (Phi) is 6.84. The molecule has 1 atom stereocenters. The van der Waals surface area contributed by atoms with Crippen LogP contribution in [-0.4, -0.2) is 36.5 Å². The van der Waals surface area contributed by atoms with Crippen LogP contribution in [0.3, 0.4) is 0 Å². The summed E-state index contributed by atoms with van der Waals surface area (Å²) in [6, 6.07) is 16.6. The van der Waals surface area contributed by atoms with Crippen molar-refractivity contribution in [2.24, 2.45) is 0 Å². The van der Waals surface area contributed by atoms with Gasteiger partial charge < -0.3 is 14.4 Å². The number of para-hydroxylation sites is 1. The van der Waals surface area contributed by atoms with Gasteiger partial charge in [0.15, 0.2) is 0 Å². The number of esters is 1. The number of benzene rings is 2. The van der Waals surface area contributed by atoms with Gasteiger partial charge in [0.05, 0.1) is 6.61 Å². The number of ether oxygens (including phenoxy) is 2. The highest BCUT2D eigenvalue weighted by Crippen LogP contribution is 2.24. The van der Waals surface area contributed by atoms with E-state index in [4.69, 9.17) is 9.47 Å². The monoisotopic (exact) mass is 379 g/mol. The summed E-state index contributed by atoms with van der Waals surface area (Å²) in [6.07, 6.45) is 4.02. The molecule has 0 bridgehead atoms. The third-order valence-corrected chi connectivity index (χ3v) is 4.60. The van der Waals surface area contributed by atoms with E-state index in [-0.39, 0.29) is 5.91 Å². The Balaban J connectivity index is 1.75. The third kappa shape index (κ3) is 5.00. The molecular weight excluding hydrogens is 354 g/mol. The average molecular weight is 379 g/mol. The first-order chi connectivity index (χ1) is 13.7. The fourth-order valence-corrected chi connectivity index (χ4v) is 3.21. The van der Waals surface area contributed by atoms with E-state index in [0.717, 1.165) is 18.4 Å². The Morgan fingerprint density at radius 2 is 1.71 bits per heavy atom. The number of rotatable bonds is 7. The van der Waals surface area contributed by atoms with Crippen LogP contribution in [0, 0.1) is 0 Å². The first kappa shape index (κ1) is 19.7. The van der Waals surface area contributed by atoms with Gasteiger partial charge in [-0.1, -0.05) is 48.5 Å². The molecule has 0 N–H and O–H groups in total. The molecule has 0 radical (unpaired) electrons. The van der Waals surface area contributed by atoms with Crippen molar-refractivity contribution in [2.75, 3.05) is 19.7 Å². The van der Waals surface area contributed by atoms with Crippen LogP contribution in [0.15, 0.2) is 60.7 Å². The minimum atomic E-state index is -0.932. The van der Waals surface area contributed by atoms with E-state index in [1.54, 1.807) is 23.1 Å². The van der Waals surface area contributed by atoms with Crippen molar-refractivity contribution in [3.63, 3.8) is 0 Å². The first-order valence-electron chi connectivity index (χ1n) is 9.63. The first-order valence-corrected chi connectivity index (χ1v) is 9.63. The lowest BCUT2D eigenvalue weighted by Crippen LogP contribution is -2.34. The summed E-state index contributed by atoms with van der Waals surface area (Å²) in [5.74, 6) is -0.0327. The second kappa shape index (κ2) is 9.74. The Morgan fingerprint density at radius 3 is 2.43 bits per heavy atom. The number of hydrogen-bond acceptors (Lipinski definition) is 4. The molecule has 1 aliphatic rings. The minimum Gasteiger partial charge on any atom is -0.493 e. The summed E-state index contributed by atoms with van der Waals surface area (Å²) in [6.45, 7) is 3.85. The molecule has 2 aromatic rings. The van der Waals surface area contributed by atoms with Crippen LogP contribution < -0.4 is 4.74 Å². The van der Waals surface area contributed by atoms with E-state index in [0.29, 0.717) is 31.0 Å². The van der Waals surface area contributed by atoms with Gasteiger partial charge in [0.2, 0.25) is 6.10 Å². The topological polar surface area (TPSA) is 55.8 Å². The molecule has 1 amide bonds. The second-order valence-corrected chi connectivity index (χ2v) is 6.56. The molecule has 5 heteroatoms. The molecule has 1 saturated heterocycles. The molecule has 3 rings (SSSR count). The van der Waals surface area contributed by atoms with Gasteiger partial charge in [0.25, 0.3) is 5.91 Å². The molecule has 1 fully saturated rings. The van der Waals surface area contributed by atoms with E-state index < -0.39 is 12.1 Å². The molecule has 2 aromatic carbocycles. The molecule has 0 spiro atoms. The zero-order valence-corrected chi connectivity index (χ0v) is 16.0. The standard InChI is InChI=1S/C23H25NO4/c1-2-27-20-13-7-6-10-18(20)14-15-21(25)28-22(19-11-4-3-5-12-19)23(26)24-16-8-9-17-24/h3-7,10-15,22H,2,8-9,16-17H2,1H3/b15-14+/t22-/m0/s1. The normalized spacial score (nSPS) is 14.8. The second-order valence-electron chi connectivity index (χ2n) is 6.56. The van der Waals surface area contributed by atoms with E-state index in [2.05, 4.69) is 0 Å². The molecule has 0 saturated carbocycles. The Labute approximate surface area is 165 Å². The molecule has 0 unspecified atom stereocenters. The van der Waals surface area contributed by atoms with Gasteiger partial charge in [-0.05, 0) is 31.9 Å². The van der Waals surface area contributed by atoms with E-state index in [1.165, 1.54) is 6.08 Å². The van der Waals surface area contributed by atoms with Crippen LogP contribution in [0.5, 0.6) is 5.75 Å². The summed E-state index contributed by atoms with van der Waals surface area (Å²) in [7, 11) is 0. The van der Waals surface area contributed by atoms with Crippen molar-refractivity contribution in [3.05, 3.63) is 71.8 Å². The van der Waals surface area contributed by atoms with E-state index >= 15 is 0 Å². The highest BCUT2D eigenvalue weighted by Gasteiger charge is 2.30. The number of hydrogen-bond donors (Lipinski definition) is 0. The van der Waals surface area contributed by atoms with E-state index in [9.17, 15) is 9.59 Å². The van der Waals surface area contributed by atoms with Gasteiger partial charge in [0, 0.05) is 30.3 Å². The highest BCUT2D eigenvalue weighted by molar-refractivity contribution is 5.91. The molecule has 1 heterocycles. The fraction of sp³-hybridized carbons (Fsp3) is 0.304. The molecule has 146 valence electrons. The lowest BCUT2D eigenvalue weighted by molar-refractivity contribution is -0.156. The zero-order valence-electron chi connectivity index (χ0n) is 16.0. The summed E-state index contributed by atoms with van der Waals surface area (Å²) in [5.41, 5.74) is 1.46. The van der Waals surface area contributed by atoms with Gasteiger partial charge in [-0.3, -0.25) is 4.79 Å². The van der Waals surface area contributed by atoms with Crippen molar-refractivity contribution in [1.82, 2.24) is 4.90 Å². The van der Waals surface area contributed by atoms with Gasteiger partial charge >= 0.3 is 5.97 Å². The minimum absolute atomic E-state index is 0.167. The summed E-state index contributed by atoms with van der Waals surface area (Å²) < 4.78 is 11.1. The SMILES string of the molecule is CCOc1ccccc1/C=C/C(=O)O[C@H](C(=O)N1CCCC1)c1ccccc1. The van der Waals surface area contributed by atoms with Gasteiger partial charge in [0.1, 0.15) is 5.75 Å². The maximum atomic E-state index is 12.9.